The molecule has 1 aliphatic carbocycles. The average molecular weight is 369 g/mol. The first-order valence-corrected chi connectivity index (χ1v) is 9.14. The Labute approximate surface area is 158 Å². The van der Waals surface area contributed by atoms with E-state index in [1.54, 1.807) is 38.1 Å². The molecule has 1 aromatic rings. The van der Waals surface area contributed by atoms with Gasteiger partial charge in [0.1, 0.15) is 5.92 Å². The second-order valence-corrected chi connectivity index (χ2v) is 6.71. The number of rotatable bonds is 4. The predicted molar refractivity (Wildman–Crippen MR) is 99.6 cm³/mol. The summed E-state index contributed by atoms with van der Waals surface area (Å²) < 4.78 is 10.0. The van der Waals surface area contributed by atoms with Crippen LogP contribution < -0.4 is 0 Å². The molecule has 1 aliphatic heterocycles. The maximum Gasteiger partial charge on any atom is 0.337 e. The van der Waals surface area contributed by atoms with E-state index in [1.807, 2.05) is 0 Å². The lowest BCUT2D eigenvalue weighted by molar-refractivity contribution is -0.146. The highest BCUT2D eigenvalue weighted by molar-refractivity contribution is 6.08. The van der Waals surface area contributed by atoms with Gasteiger partial charge in [-0.3, -0.25) is 14.6 Å². The molecule has 0 amide bonds. The lowest BCUT2D eigenvalue weighted by atomic mass is 9.71. The molecule has 1 aromatic carbocycles. The molecule has 142 valence electrons. The Kier molecular flexibility index (Phi) is 5.54. The van der Waals surface area contributed by atoms with Crippen LogP contribution in [0, 0.1) is 5.92 Å². The number of esters is 2. The lowest BCUT2D eigenvalue weighted by Gasteiger charge is -2.34. The molecule has 0 aromatic heterocycles. The van der Waals surface area contributed by atoms with Gasteiger partial charge in [-0.2, -0.15) is 0 Å². The Morgan fingerprint density at radius 2 is 1.89 bits per heavy atom. The fraction of sp³-hybridized carbons (Fsp3) is 0.429. The number of aliphatic imine (C=N–C) groups is 1. The number of carbonyl (C=O) groups is 3. The van der Waals surface area contributed by atoms with E-state index in [9.17, 15) is 14.4 Å². The summed E-state index contributed by atoms with van der Waals surface area (Å²) in [5.41, 5.74) is 3.24. The maximum atomic E-state index is 12.7. The van der Waals surface area contributed by atoms with Crippen LogP contribution in [0.3, 0.4) is 0 Å². The summed E-state index contributed by atoms with van der Waals surface area (Å²) >= 11 is 0. The van der Waals surface area contributed by atoms with Crippen molar-refractivity contribution in [1.29, 1.82) is 0 Å². The molecule has 2 aliphatic rings. The van der Waals surface area contributed by atoms with E-state index in [1.165, 1.54) is 7.11 Å². The highest BCUT2D eigenvalue weighted by atomic mass is 16.5. The van der Waals surface area contributed by atoms with E-state index < -0.39 is 17.8 Å². The van der Waals surface area contributed by atoms with Crippen molar-refractivity contribution < 1.29 is 23.9 Å². The van der Waals surface area contributed by atoms with Crippen LogP contribution in [0.2, 0.25) is 0 Å². The maximum absolute atomic E-state index is 12.7. The van der Waals surface area contributed by atoms with Gasteiger partial charge >= 0.3 is 11.9 Å². The summed E-state index contributed by atoms with van der Waals surface area (Å²) in [6.07, 6.45) is 1.96. The molecule has 0 radical (unpaired) electrons. The number of ketones is 1. The molecular weight excluding hydrogens is 346 g/mol. The zero-order valence-electron chi connectivity index (χ0n) is 15.8. The lowest BCUT2D eigenvalue weighted by Crippen LogP contribution is -2.37. The predicted octanol–water partition coefficient (Wildman–Crippen LogP) is 3.22. The Hall–Kier alpha value is -2.76. The van der Waals surface area contributed by atoms with Crippen LogP contribution in [0.25, 0.3) is 0 Å². The molecule has 6 heteroatoms. The molecule has 0 saturated carbocycles. The van der Waals surface area contributed by atoms with E-state index in [2.05, 4.69) is 4.99 Å². The van der Waals surface area contributed by atoms with E-state index in [4.69, 9.17) is 9.47 Å². The summed E-state index contributed by atoms with van der Waals surface area (Å²) in [4.78, 5) is 41.7. The van der Waals surface area contributed by atoms with Crippen LogP contribution in [0.5, 0.6) is 0 Å². The molecule has 2 atom stereocenters. The van der Waals surface area contributed by atoms with Crippen molar-refractivity contribution in [2.45, 2.75) is 39.0 Å². The van der Waals surface area contributed by atoms with Crippen LogP contribution in [-0.2, 0) is 19.1 Å². The quantitative estimate of drug-likeness (QED) is 0.761. The average Bonchev–Trinajstić information content (AvgIpc) is 2.66. The number of carbonyl (C=O) groups excluding carboxylic acids is 3. The topological polar surface area (TPSA) is 82.0 Å². The van der Waals surface area contributed by atoms with Gasteiger partial charge in [0, 0.05) is 29.3 Å². The van der Waals surface area contributed by atoms with Gasteiger partial charge in [0.05, 0.1) is 19.3 Å². The SMILES string of the molecule is CCOC(=O)C1C(C)=NC2=C(C(=O)CCC2)[C@@H]1c1ccc(C(=O)OC)cc1. The minimum Gasteiger partial charge on any atom is -0.465 e. The first-order chi connectivity index (χ1) is 13.0. The second-order valence-electron chi connectivity index (χ2n) is 6.71. The number of benzene rings is 1. The summed E-state index contributed by atoms with van der Waals surface area (Å²) in [6.45, 7) is 3.82. The van der Waals surface area contributed by atoms with Crippen molar-refractivity contribution in [2.24, 2.45) is 10.9 Å². The standard InChI is InChI=1S/C21H23NO5/c1-4-27-21(25)17-12(2)22-15-6-5-7-16(23)19(15)18(17)13-8-10-14(11-9-13)20(24)26-3/h8-11,17-18H,4-7H2,1-3H3/t17?,18-/m1/s1. The smallest absolute Gasteiger partial charge is 0.337 e. The Morgan fingerprint density at radius 1 is 1.19 bits per heavy atom. The van der Waals surface area contributed by atoms with Crippen LogP contribution in [0.1, 0.15) is 54.9 Å². The van der Waals surface area contributed by atoms with Crippen LogP contribution in [0.4, 0.5) is 0 Å². The molecule has 0 bridgehead atoms. The number of hydrogen-bond donors (Lipinski definition) is 0. The highest BCUT2D eigenvalue weighted by Crippen LogP contribution is 2.43. The van der Waals surface area contributed by atoms with Gasteiger partial charge in [-0.15, -0.1) is 0 Å². The minimum atomic E-state index is -0.644. The summed E-state index contributed by atoms with van der Waals surface area (Å²) in [5, 5.41) is 0. The van der Waals surface area contributed by atoms with Crippen molar-refractivity contribution in [3.63, 3.8) is 0 Å². The first-order valence-electron chi connectivity index (χ1n) is 9.14. The van der Waals surface area contributed by atoms with Gasteiger partial charge in [0.25, 0.3) is 0 Å². The molecular formula is C21H23NO5. The van der Waals surface area contributed by atoms with Gasteiger partial charge in [0.15, 0.2) is 5.78 Å². The third-order valence-electron chi connectivity index (χ3n) is 5.07. The minimum absolute atomic E-state index is 0.0313. The number of nitrogens with zero attached hydrogens (tertiary/aromatic N) is 1. The third-order valence-corrected chi connectivity index (χ3v) is 5.07. The van der Waals surface area contributed by atoms with Crippen molar-refractivity contribution >= 4 is 23.4 Å². The van der Waals surface area contributed by atoms with Gasteiger partial charge in [0.2, 0.25) is 0 Å². The van der Waals surface area contributed by atoms with Crippen LogP contribution >= 0.6 is 0 Å². The van der Waals surface area contributed by atoms with Crippen molar-refractivity contribution in [3.05, 3.63) is 46.7 Å². The third kappa shape index (κ3) is 3.56. The number of Topliss-reactive ketones (excluding diaryl/α,β-unsaturated/α-hetero) is 1. The fourth-order valence-corrected chi connectivity index (χ4v) is 3.85. The number of hydrogen-bond acceptors (Lipinski definition) is 6. The summed E-state index contributed by atoms with van der Waals surface area (Å²) in [7, 11) is 1.33. The molecule has 6 nitrogen and oxygen atoms in total. The van der Waals surface area contributed by atoms with Crippen LogP contribution in [0.15, 0.2) is 40.5 Å². The zero-order valence-corrected chi connectivity index (χ0v) is 15.8. The van der Waals surface area contributed by atoms with E-state index in [0.717, 1.165) is 24.1 Å². The Bertz CT molecular complexity index is 835. The normalized spacial score (nSPS) is 22.0. The van der Waals surface area contributed by atoms with E-state index in [-0.39, 0.29) is 18.4 Å². The molecule has 0 N–H and O–H groups in total. The number of allylic oxidation sites excluding steroid dienone is 2. The molecule has 0 saturated heterocycles. The van der Waals surface area contributed by atoms with E-state index in [0.29, 0.717) is 23.3 Å². The molecule has 0 fully saturated rings. The molecule has 27 heavy (non-hydrogen) atoms. The van der Waals surface area contributed by atoms with Gasteiger partial charge in [-0.25, -0.2) is 4.79 Å². The summed E-state index contributed by atoms with van der Waals surface area (Å²) in [6, 6.07) is 6.85. The summed E-state index contributed by atoms with van der Waals surface area (Å²) in [5.74, 6) is -1.88. The van der Waals surface area contributed by atoms with Gasteiger partial charge in [-0.05, 0) is 44.4 Å². The molecule has 0 spiro atoms. The zero-order chi connectivity index (χ0) is 19.6. The Balaban J connectivity index is 2.09. The first kappa shape index (κ1) is 19.0. The van der Waals surface area contributed by atoms with E-state index >= 15 is 0 Å². The molecule has 3 rings (SSSR count). The van der Waals surface area contributed by atoms with Crippen LogP contribution in [-0.4, -0.2) is 37.2 Å². The van der Waals surface area contributed by atoms with Crippen molar-refractivity contribution in [1.82, 2.24) is 0 Å². The fourth-order valence-electron chi connectivity index (χ4n) is 3.85. The van der Waals surface area contributed by atoms with Gasteiger partial charge < -0.3 is 9.47 Å². The van der Waals surface area contributed by atoms with Gasteiger partial charge in [-0.1, -0.05) is 12.1 Å². The molecule has 1 heterocycles. The highest BCUT2D eigenvalue weighted by Gasteiger charge is 2.43. The number of ether oxygens (including phenoxy) is 2. The van der Waals surface area contributed by atoms with Crippen molar-refractivity contribution in [2.75, 3.05) is 13.7 Å². The number of methoxy groups -OCH3 is 1. The second kappa shape index (κ2) is 7.86. The monoisotopic (exact) mass is 369 g/mol. The van der Waals surface area contributed by atoms with Crippen molar-refractivity contribution in [3.8, 4) is 0 Å². The largest absolute Gasteiger partial charge is 0.465 e. The molecule has 1 unspecified atom stereocenters. The Morgan fingerprint density at radius 3 is 2.52 bits per heavy atom.